The molecule has 19 heavy (non-hydrogen) atoms. The topological polar surface area (TPSA) is 53.7 Å². The Bertz CT molecular complexity index is 345. The summed E-state index contributed by atoms with van der Waals surface area (Å²) in [6.07, 6.45) is 0.992. The van der Waals surface area contributed by atoms with Gasteiger partial charge in [-0.25, -0.2) is 0 Å². The summed E-state index contributed by atoms with van der Waals surface area (Å²) in [7, 11) is 0. The lowest BCUT2D eigenvalue weighted by atomic mass is 10.1. The molecule has 0 aliphatic carbocycles. The van der Waals surface area contributed by atoms with Gasteiger partial charge in [0.25, 0.3) is 0 Å². The normalized spacial score (nSPS) is 11.6. The predicted octanol–water partition coefficient (Wildman–Crippen LogP) is 2.66. The summed E-state index contributed by atoms with van der Waals surface area (Å²) in [6, 6.07) is 7.74. The minimum absolute atomic E-state index is 0.282. The van der Waals surface area contributed by atoms with Crippen LogP contribution in [0.2, 0.25) is 0 Å². The molecule has 4 nitrogen and oxygen atoms in total. The first-order valence-electron chi connectivity index (χ1n) is 6.93. The van der Waals surface area contributed by atoms with E-state index < -0.39 is 5.79 Å². The highest BCUT2D eigenvalue weighted by Gasteiger charge is 2.32. The smallest absolute Gasteiger partial charge is 0.207 e. The van der Waals surface area contributed by atoms with E-state index in [1.165, 1.54) is 0 Å². The summed E-state index contributed by atoms with van der Waals surface area (Å²) < 4.78 is 17.0. The number of ether oxygens (including phenoxy) is 3. The first-order chi connectivity index (χ1) is 9.22. The molecule has 0 unspecified atom stereocenters. The highest BCUT2D eigenvalue weighted by Crippen LogP contribution is 2.28. The zero-order chi connectivity index (χ0) is 14.1. The van der Waals surface area contributed by atoms with E-state index in [4.69, 9.17) is 19.9 Å². The van der Waals surface area contributed by atoms with Crippen LogP contribution in [-0.4, -0.2) is 26.4 Å². The minimum Gasteiger partial charge on any atom is -0.494 e. The van der Waals surface area contributed by atoms with Crippen molar-refractivity contribution in [3.63, 3.8) is 0 Å². The second-order valence-corrected chi connectivity index (χ2v) is 4.20. The highest BCUT2D eigenvalue weighted by atomic mass is 16.7. The van der Waals surface area contributed by atoms with Gasteiger partial charge < -0.3 is 19.9 Å². The summed E-state index contributed by atoms with van der Waals surface area (Å²) in [5, 5.41) is 0. The molecule has 0 amide bonds. The molecule has 0 heterocycles. The van der Waals surface area contributed by atoms with Crippen LogP contribution >= 0.6 is 0 Å². The molecule has 108 valence electrons. The molecule has 0 aliphatic heterocycles. The van der Waals surface area contributed by atoms with Gasteiger partial charge in [-0.2, -0.15) is 0 Å². The lowest BCUT2D eigenvalue weighted by Gasteiger charge is -2.32. The van der Waals surface area contributed by atoms with Crippen molar-refractivity contribution in [1.29, 1.82) is 0 Å². The fourth-order valence-corrected chi connectivity index (χ4v) is 1.94. The largest absolute Gasteiger partial charge is 0.494 e. The van der Waals surface area contributed by atoms with E-state index in [1.54, 1.807) is 0 Å². The number of hydrogen-bond donors (Lipinski definition) is 1. The van der Waals surface area contributed by atoms with Gasteiger partial charge in [-0.1, -0.05) is 6.92 Å². The zero-order valence-electron chi connectivity index (χ0n) is 12.1. The van der Waals surface area contributed by atoms with Gasteiger partial charge in [0, 0.05) is 18.8 Å². The van der Waals surface area contributed by atoms with Gasteiger partial charge in [0.15, 0.2) is 0 Å². The molecule has 0 saturated heterocycles. The Hall–Kier alpha value is -1.10. The fraction of sp³-hybridized carbons (Fsp3) is 0.600. The van der Waals surface area contributed by atoms with E-state index in [-0.39, 0.29) is 6.54 Å². The van der Waals surface area contributed by atoms with Crippen molar-refractivity contribution in [2.45, 2.75) is 33.0 Å². The minimum atomic E-state index is -0.854. The Kier molecular flexibility index (Phi) is 6.84. The highest BCUT2D eigenvalue weighted by molar-refractivity contribution is 5.30. The monoisotopic (exact) mass is 267 g/mol. The van der Waals surface area contributed by atoms with Crippen LogP contribution in [0.3, 0.4) is 0 Å². The molecule has 1 aromatic rings. The van der Waals surface area contributed by atoms with Crippen molar-refractivity contribution in [2.75, 3.05) is 26.4 Å². The molecular weight excluding hydrogens is 242 g/mol. The van der Waals surface area contributed by atoms with Crippen molar-refractivity contribution < 1.29 is 14.2 Å². The second-order valence-electron chi connectivity index (χ2n) is 4.20. The molecule has 0 atom stereocenters. The molecule has 0 saturated carbocycles. The van der Waals surface area contributed by atoms with Crippen molar-refractivity contribution in [3.05, 3.63) is 29.8 Å². The molecule has 0 aliphatic rings. The second kappa shape index (κ2) is 8.15. The van der Waals surface area contributed by atoms with E-state index in [9.17, 15) is 0 Å². The molecule has 2 N–H and O–H groups in total. The van der Waals surface area contributed by atoms with Crippen LogP contribution in [0, 0.1) is 0 Å². The standard InChI is InChI=1S/C15H25NO3/c1-4-11-17-14-9-7-13(8-10-14)15(12-16,18-5-2)19-6-3/h7-10H,4-6,11-12,16H2,1-3H3. The van der Waals surface area contributed by atoms with Crippen molar-refractivity contribution >= 4 is 0 Å². The molecule has 0 bridgehead atoms. The number of rotatable bonds is 9. The first-order valence-corrected chi connectivity index (χ1v) is 6.93. The van der Waals surface area contributed by atoms with Gasteiger partial charge in [0.1, 0.15) is 5.75 Å². The molecule has 0 radical (unpaired) electrons. The van der Waals surface area contributed by atoms with Crippen LogP contribution in [0.4, 0.5) is 0 Å². The summed E-state index contributed by atoms with van der Waals surface area (Å²) in [6.45, 7) is 8.04. The summed E-state index contributed by atoms with van der Waals surface area (Å²) >= 11 is 0. The Labute approximate surface area is 115 Å². The molecule has 0 aromatic heterocycles. The Morgan fingerprint density at radius 1 is 1.00 bits per heavy atom. The van der Waals surface area contributed by atoms with Crippen LogP contribution < -0.4 is 10.5 Å². The number of hydrogen-bond acceptors (Lipinski definition) is 4. The van der Waals surface area contributed by atoms with Crippen molar-refractivity contribution in [1.82, 2.24) is 0 Å². The molecule has 1 rings (SSSR count). The van der Waals surface area contributed by atoms with Gasteiger partial charge in [-0.05, 0) is 44.5 Å². The van der Waals surface area contributed by atoms with Gasteiger partial charge in [0.2, 0.25) is 5.79 Å². The molecule has 1 aromatic carbocycles. The summed E-state index contributed by atoms with van der Waals surface area (Å²) in [4.78, 5) is 0. The summed E-state index contributed by atoms with van der Waals surface area (Å²) in [5.74, 6) is -0.00297. The lowest BCUT2D eigenvalue weighted by Crippen LogP contribution is -2.40. The van der Waals surface area contributed by atoms with Gasteiger partial charge >= 0.3 is 0 Å². The molecule has 4 heteroatoms. The third-order valence-electron chi connectivity index (χ3n) is 2.79. The fourth-order valence-electron chi connectivity index (χ4n) is 1.94. The van der Waals surface area contributed by atoms with E-state index in [2.05, 4.69) is 6.92 Å². The number of nitrogens with two attached hydrogens (primary N) is 1. The van der Waals surface area contributed by atoms with E-state index in [1.807, 2.05) is 38.1 Å². The predicted molar refractivity (Wildman–Crippen MR) is 76.2 cm³/mol. The average Bonchev–Trinajstić information content (AvgIpc) is 2.45. The maximum Gasteiger partial charge on any atom is 0.207 e. The zero-order valence-corrected chi connectivity index (χ0v) is 12.1. The number of benzene rings is 1. The lowest BCUT2D eigenvalue weighted by molar-refractivity contribution is -0.235. The maximum atomic E-state index is 5.85. The van der Waals surface area contributed by atoms with Crippen LogP contribution in [0.15, 0.2) is 24.3 Å². The Morgan fingerprint density at radius 3 is 2.00 bits per heavy atom. The quantitative estimate of drug-likeness (QED) is 0.699. The van der Waals surface area contributed by atoms with Crippen LogP contribution in [0.25, 0.3) is 0 Å². The third kappa shape index (κ3) is 4.20. The molecule has 0 spiro atoms. The molecule has 0 fully saturated rings. The van der Waals surface area contributed by atoms with Gasteiger partial charge in [0.05, 0.1) is 13.2 Å². The average molecular weight is 267 g/mol. The van der Waals surface area contributed by atoms with Crippen molar-refractivity contribution in [2.24, 2.45) is 5.73 Å². The Balaban J connectivity index is 2.89. The maximum absolute atomic E-state index is 5.85. The molecular formula is C15H25NO3. The summed E-state index contributed by atoms with van der Waals surface area (Å²) in [5.41, 5.74) is 6.77. The Morgan fingerprint density at radius 2 is 1.58 bits per heavy atom. The van der Waals surface area contributed by atoms with E-state index >= 15 is 0 Å². The van der Waals surface area contributed by atoms with Gasteiger partial charge in [-0.15, -0.1) is 0 Å². The third-order valence-corrected chi connectivity index (χ3v) is 2.79. The SMILES string of the molecule is CCCOc1ccc(C(CN)(OCC)OCC)cc1. The van der Waals surface area contributed by atoms with Crippen LogP contribution in [-0.2, 0) is 15.3 Å². The van der Waals surface area contributed by atoms with Gasteiger partial charge in [-0.3, -0.25) is 0 Å². The van der Waals surface area contributed by atoms with Crippen LogP contribution in [0.1, 0.15) is 32.8 Å². The van der Waals surface area contributed by atoms with Crippen molar-refractivity contribution in [3.8, 4) is 5.75 Å². The van der Waals surface area contributed by atoms with E-state index in [0.717, 1.165) is 24.3 Å². The first kappa shape index (κ1) is 16.0. The van der Waals surface area contributed by atoms with Crippen LogP contribution in [0.5, 0.6) is 5.75 Å². The van der Waals surface area contributed by atoms with E-state index in [0.29, 0.717) is 13.2 Å².